The molecule has 2 aromatic heterocycles. The van der Waals surface area contributed by atoms with Crippen molar-refractivity contribution in [1.29, 1.82) is 0 Å². The van der Waals surface area contributed by atoms with E-state index in [0.29, 0.717) is 12.1 Å². The van der Waals surface area contributed by atoms with Crippen molar-refractivity contribution < 1.29 is 19.1 Å². The average Bonchev–Trinajstić information content (AvgIpc) is 3.15. The monoisotopic (exact) mass is 300 g/mol. The lowest BCUT2D eigenvalue weighted by molar-refractivity contribution is 0.0684. The van der Waals surface area contributed by atoms with E-state index in [1.54, 1.807) is 4.90 Å². The van der Waals surface area contributed by atoms with Crippen LogP contribution in [-0.4, -0.2) is 33.4 Å². The van der Waals surface area contributed by atoms with Gasteiger partial charge >= 0.3 is 5.97 Å². The molecule has 1 amide bonds. The maximum atomic E-state index is 12.6. The third-order valence-electron chi connectivity index (χ3n) is 3.83. The zero-order chi connectivity index (χ0) is 15.7. The van der Waals surface area contributed by atoms with Crippen LogP contribution in [0.25, 0.3) is 0 Å². The molecule has 6 nitrogen and oxygen atoms in total. The van der Waals surface area contributed by atoms with Gasteiger partial charge in [0.25, 0.3) is 5.91 Å². The molecule has 0 aliphatic carbocycles. The molecule has 1 atom stereocenters. The molecule has 1 aliphatic heterocycles. The lowest BCUT2D eigenvalue weighted by atomic mass is 10.1. The van der Waals surface area contributed by atoms with Gasteiger partial charge in [-0.3, -0.25) is 4.79 Å². The summed E-state index contributed by atoms with van der Waals surface area (Å²) in [4.78, 5) is 29.0. The highest BCUT2D eigenvalue weighted by Gasteiger charge is 2.32. The van der Waals surface area contributed by atoms with Crippen LogP contribution in [0.15, 0.2) is 34.9 Å². The third-order valence-corrected chi connectivity index (χ3v) is 3.83. The highest BCUT2D eigenvalue weighted by molar-refractivity contribution is 5.95. The van der Waals surface area contributed by atoms with Crippen molar-refractivity contribution in [2.45, 2.75) is 25.8 Å². The van der Waals surface area contributed by atoms with Crippen LogP contribution in [0.1, 0.15) is 51.3 Å². The van der Waals surface area contributed by atoms with Gasteiger partial charge in [0, 0.05) is 12.7 Å². The SMILES string of the molecule is Cc1ccc([C@H]2CCCN2C(=O)c2ccc(C(=O)O)nc2)o1. The fourth-order valence-electron chi connectivity index (χ4n) is 2.75. The van der Waals surface area contributed by atoms with Crippen LogP contribution in [0.5, 0.6) is 0 Å². The predicted octanol–water partition coefficient (Wildman–Crippen LogP) is 2.66. The first-order valence-electron chi connectivity index (χ1n) is 7.13. The Bertz CT molecular complexity index is 705. The second kappa shape index (κ2) is 5.63. The molecular weight excluding hydrogens is 284 g/mol. The van der Waals surface area contributed by atoms with Crippen LogP contribution in [0.3, 0.4) is 0 Å². The molecule has 2 aromatic rings. The first-order valence-corrected chi connectivity index (χ1v) is 7.13. The molecule has 3 rings (SSSR count). The fourth-order valence-corrected chi connectivity index (χ4v) is 2.75. The van der Waals surface area contributed by atoms with Crippen molar-refractivity contribution in [3.05, 3.63) is 53.2 Å². The molecule has 3 heterocycles. The molecule has 0 bridgehead atoms. The summed E-state index contributed by atoms with van der Waals surface area (Å²) >= 11 is 0. The van der Waals surface area contributed by atoms with Crippen molar-refractivity contribution in [3.8, 4) is 0 Å². The van der Waals surface area contributed by atoms with Crippen molar-refractivity contribution in [3.63, 3.8) is 0 Å². The van der Waals surface area contributed by atoms with Gasteiger partial charge in [-0.05, 0) is 44.0 Å². The summed E-state index contributed by atoms with van der Waals surface area (Å²) in [5, 5.41) is 8.85. The van der Waals surface area contributed by atoms with Gasteiger partial charge in [-0.1, -0.05) is 0 Å². The molecule has 22 heavy (non-hydrogen) atoms. The summed E-state index contributed by atoms with van der Waals surface area (Å²) in [5.41, 5.74) is 0.316. The normalized spacial score (nSPS) is 17.7. The molecule has 0 saturated carbocycles. The largest absolute Gasteiger partial charge is 0.477 e. The molecule has 0 aromatic carbocycles. The van der Waals surface area contributed by atoms with E-state index in [4.69, 9.17) is 9.52 Å². The first kappa shape index (κ1) is 14.3. The topological polar surface area (TPSA) is 83.6 Å². The minimum absolute atomic E-state index is 0.0691. The number of hydrogen-bond donors (Lipinski definition) is 1. The molecule has 114 valence electrons. The van der Waals surface area contributed by atoms with Gasteiger partial charge in [0.2, 0.25) is 0 Å². The number of carbonyl (C=O) groups is 2. The summed E-state index contributed by atoms with van der Waals surface area (Å²) in [6.07, 6.45) is 3.09. The molecule has 1 aliphatic rings. The Morgan fingerprint density at radius 1 is 1.32 bits per heavy atom. The van der Waals surface area contributed by atoms with E-state index in [-0.39, 0.29) is 17.6 Å². The number of pyridine rings is 1. The summed E-state index contributed by atoms with van der Waals surface area (Å²) in [6.45, 7) is 2.53. The number of furan rings is 1. The summed E-state index contributed by atoms with van der Waals surface area (Å²) in [6, 6.07) is 6.57. The van der Waals surface area contributed by atoms with Gasteiger partial charge in [0.05, 0.1) is 11.6 Å². The molecule has 1 fully saturated rings. The van der Waals surface area contributed by atoms with Crippen LogP contribution in [0, 0.1) is 6.92 Å². The first-order chi connectivity index (χ1) is 10.6. The quantitative estimate of drug-likeness (QED) is 0.942. The van der Waals surface area contributed by atoms with E-state index in [9.17, 15) is 9.59 Å². The van der Waals surface area contributed by atoms with Gasteiger partial charge in [-0.15, -0.1) is 0 Å². The standard InChI is InChI=1S/C16H16N2O4/c1-10-4-7-14(22-10)13-3-2-8-18(13)15(19)11-5-6-12(16(20)21)17-9-11/h4-7,9,13H,2-3,8H2,1H3,(H,20,21)/t13-/m1/s1. The second-order valence-corrected chi connectivity index (χ2v) is 5.34. The number of carbonyl (C=O) groups excluding carboxylic acids is 1. The van der Waals surface area contributed by atoms with Crippen molar-refractivity contribution in [2.75, 3.05) is 6.54 Å². The highest BCUT2D eigenvalue weighted by Crippen LogP contribution is 2.33. The lowest BCUT2D eigenvalue weighted by Crippen LogP contribution is -2.30. The molecule has 0 unspecified atom stereocenters. The predicted molar refractivity (Wildman–Crippen MR) is 77.7 cm³/mol. The second-order valence-electron chi connectivity index (χ2n) is 5.34. The number of nitrogens with zero attached hydrogens (tertiary/aromatic N) is 2. The van der Waals surface area contributed by atoms with Gasteiger partial charge in [-0.2, -0.15) is 0 Å². The number of carboxylic acid groups (broad SMARTS) is 1. The average molecular weight is 300 g/mol. The summed E-state index contributed by atoms with van der Waals surface area (Å²) in [5.74, 6) is 0.352. The Morgan fingerprint density at radius 2 is 2.14 bits per heavy atom. The number of aromatic carboxylic acids is 1. The van der Waals surface area contributed by atoms with E-state index in [0.717, 1.165) is 24.4 Å². The number of likely N-dealkylation sites (tertiary alicyclic amines) is 1. The number of carboxylic acids is 1. The molecule has 0 spiro atoms. The Kier molecular flexibility index (Phi) is 3.66. The van der Waals surface area contributed by atoms with Crippen molar-refractivity contribution >= 4 is 11.9 Å². The number of hydrogen-bond acceptors (Lipinski definition) is 4. The van der Waals surface area contributed by atoms with E-state index in [1.165, 1.54) is 18.3 Å². The molecular formula is C16H16N2O4. The Hall–Kier alpha value is -2.63. The maximum absolute atomic E-state index is 12.6. The lowest BCUT2D eigenvalue weighted by Gasteiger charge is -2.23. The van der Waals surface area contributed by atoms with E-state index in [2.05, 4.69) is 4.98 Å². The minimum atomic E-state index is -1.11. The fraction of sp³-hybridized carbons (Fsp3) is 0.312. The van der Waals surface area contributed by atoms with Crippen LogP contribution < -0.4 is 0 Å². The number of rotatable bonds is 3. The van der Waals surface area contributed by atoms with E-state index in [1.807, 2.05) is 19.1 Å². The molecule has 6 heteroatoms. The van der Waals surface area contributed by atoms with Crippen LogP contribution in [-0.2, 0) is 0 Å². The Labute approximate surface area is 127 Å². The zero-order valence-corrected chi connectivity index (χ0v) is 12.2. The van der Waals surface area contributed by atoms with Crippen molar-refractivity contribution in [2.24, 2.45) is 0 Å². The van der Waals surface area contributed by atoms with Gasteiger partial charge in [0.1, 0.15) is 17.2 Å². The third kappa shape index (κ3) is 2.59. The number of amides is 1. The van der Waals surface area contributed by atoms with E-state index < -0.39 is 5.97 Å². The van der Waals surface area contributed by atoms with Crippen LogP contribution in [0.4, 0.5) is 0 Å². The van der Waals surface area contributed by atoms with Crippen molar-refractivity contribution in [1.82, 2.24) is 9.88 Å². The van der Waals surface area contributed by atoms with Crippen LogP contribution in [0.2, 0.25) is 0 Å². The Morgan fingerprint density at radius 3 is 2.73 bits per heavy atom. The molecule has 1 N–H and O–H groups in total. The smallest absolute Gasteiger partial charge is 0.354 e. The van der Waals surface area contributed by atoms with Gasteiger partial charge in [-0.25, -0.2) is 9.78 Å². The Balaban J connectivity index is 1.82. The number of aromatic nitrogens is 1. The molecule has 1 saturated heterocycles. The van der Waals surface area contributed by atoms with E-state index >= 15 is 0 Å². The maximum Gasteiger partial charge on any atom is 0.354 e. The highest BCUT2D eigenvalue weighted by atomic mass is 16.4. The summed E-state index contributed by atoms with van der Waals surface area (Å²) < 4.78 is 5.65. The zero-order valence-electron chi connectivity index (χ0n) is 12.2. The number of aryl methyl sites for hydroxylation is 1. The molecule has 0 radical (unpaired) electrons. The van der Waals surface area contributed by atoms with Gasteiger partial charge < -0.3 is 14.4 Å². The summed E-state index contributed by atoms with van der Waals surface area (Å²) in [7, 11) is 0. The van der Waals surface area contributed by atoms with Gasteiger partial charge in [0.15, 0.2) is 0 Å². The minimum Gasteiger partial charge on any atom is -0.477 e. The van der Waals surface area contributed by atoms with Crippen LogP contribution >= 0.6 is 0 Å².